The molecule has 5 rings (SSSR count). The highest BCUT2D eigenvalue weighted by Crippen LogP contribution is 2.39. The first-order valence-electron chi connectivity index (χ1n) is 9.45. The molecular formula is C23H21N3OS. The van der Waals surface area contributed by atoms with Crippen LogP contribution in [0.25, 0.3) is 21.3 Å². The van der Waals surface area contributed by atoms with Crippen LogP contribution >= 0.6 is 11.3 Å². The van der Waals surface area contributed by atoms with E-state index in [4.69, 9.17) is 14.7 Å². The second-order valence-electron chi connectivity index (χ2n) is 7.09. The number of hydrogen-bond donors (Lipinski definition) is 0. The lowest BCUT2D eigenvalue weighted by Gasteiger charge is -2.30. The van der Waals surface area contributed by atoms with Crippen LogP contribution in [0.1, 0.15) is 17.0 Å². The third-order valence-electron chi connectivity index (χ3n) is 5.36. The van der Waals surface area contributed by atoms with E-state index in [2.05, 4.69) is 46.7 Å². The van der Waals surface area contributed by atoms with Crippen molar-refractivity contribution in [2.45, 2.75) is 19.9 Å². The molecule has 4 aromatic rings. The van der Waals surface area contributed by atoms with Crippen LogP contribution in [0.5, 0.6) is 5.75 Å². The van der Waals surface area contributed by atoms with E-state index >= 15 is 0 Å². The fourth-order valence-electron chi connectivity index (χ4n) is 3.92. The molecule has 0 saturated heterocycles. The van der Waals surface area contributed by atoms with Gasteiger partial charge in [-0.2, -0.15) is 0 Å². The van der Waals surface area contributed by atoms with Gasteiger partial charge in [-0.15, -0.1) is 11.3 Å². The summed E-state index contributed by atoms with van der Waals surface area (Å²) in [5, 5.41) is 3.35. The zero-order valence-corrected chi connectivity index (χ0v) is 16.8. The fourth-order valence-corrected chi connectivity index (χ4v) is 4.90. The summed E-state index contributed by atoms with van der Waals surface area (Å²) in [5.74, 6) is 2.73. The van der Waals surface area contributed by atoms with E-state index in [0.29, 0.717) is 0 Å². The highest BCUT2D eigenvalue weighted by Gasteiger charge is 2.22. The van der Waals surface area contributed by atoms with Crippen LogP contribution in [-0.4, -0.2) is 23.6 Å². The summed E-state index contributed by atoms with van der Waals surface area (Å²) >= 11 is 1.69. The van der Waals surface area contributed by atoms with Crippen LogP contribution in [0, 0.1) is 6.92 Å². The number of fused-ring (bicyclic) bond motifs is 2. The van der Waals surface area contributed by atoms with E-state index in [1.165, 1.54) is 16.7 Å². The molecule has 0 radical (unpaired) electrons. The standard InChI is InChI=1S/C23H21N3OS/c1-15-24-22(26-12-11-16-5-3-4-6-18(16)13-26)21-20(14-28-23(21)25-15)17-7-9-19(27-2)10-8-17/h3-10,14H,11-13H2,1-2H3. The van der Waals surface area contributed by atoms with E-state index in [0.717, 1.165) is 52.7 Å². The predicted octanol–water partition coefficient (Wildman–Crippen LogP) is 5.24. The van der Waals surface area contributed by atoms with Crippen molar-refractivity contribution >= 4 is 27.4 Å². The molecule has 4 nitrogen and oxygen atoms in total. The number of rotatable bonds is 3. The van der Waals surface area contributed by atoms with E-state index in [9.17, 15) is 0 Å². The Morgan fingerprint density at radius 3 is 2.57 bits per heavy atom. The Balaban J connectivity index is 1.63. The predicted molar refractivity (Wildman–Crippen MR) is 115 cm³/mol. The first-order chi connectivity index (χ1) is 13.7. The summed E-state index contributed by atoms with van der Waals surface area (Å²) in [5.41, 5.74) is 5.19. The molecule has 2 aromatic heterocycles. The quantitative estimate of drug-likeness (QED) is 0.482. The van der Waals surface area contributed by atoms with Crippen molar-refractivity contribution in [2.75, 3.05) is 18.6 Å². The van der Waals surface area contributed by atoms with Gasteiger partial charge >= 0.3 is 0 Å². The number of methoxy groups -OCH3 is 1. The summed E-state index contributed by atoms with van der Waals surface area (Å²) in [6.07, 6.45) is 1.04. The van der Waals surface area contributed by atoms with Gasteiger partial charge in [0.15, 0.2) is 0 Å². The van der Waals surface area contributed by atoms with Gasteiger partial charge in [0.1, 0.15) is 22.2 Å². The molecule has 0 amide bonds. The average molecular weight is 388 g/mol. The zero-order valence-electron chi connectivity index (χ0n) is 16.0. The molecule has 0 spiro atoms. The van der Waals surface area contributed by atoms with Crippen LogP contribution in [0.15, 0.2) is 53.9 Å². The maximum atomic E-state index is 5.31. The molecule has 5 heteroatoms. The highest BCUT2D eigenvalue weighted by molar-refractivity contribution is 7.17. The van der Waals surface area contributed by atoms with Crippen LogP contribution in [0.2, 0.25) is 0 Å². The van der Waals surface area contributed by atoms with Gasteiger partial charge in [-0.1, -0.05) is 36.4 Å². The normalized spacial score (nSPS) is 13.6. The molecular weight excluding hydrogens is 366 g/mol. The second kappa shape index (κ2) is 6.91. The molecule has 0 atom stereocenters. The SMILES string of the molecule is COc1ccc(-c2csc3nc(C)nc(N4CCc5ccccc5C4)c23)cc1. The number of thiophene rings is 1. The Labute approximate surface area is 168 Å². The summed E-state index contributed by atoms with van der Waals surface area (Å²) in [6.45, 7) is 3.84. The minimum Gasteiger partial charge on any atom is -0.497 e. The van der Waals surface area contributed by atoms with Crippen LogP contribution in [0.4, 0.5) is 5.82 Å². The number of aromatic nitrogens is 2. The Hall–Kier alpha value is -2.92. The van der Waals surface area contributed by atoms with Gasteiger partial charge in [-0.25, -0.2) is 9.97 Å². The largest absolute Gasteiger partial charge is 0.497 e. The zero-order chi connectivity index (χ0) is 19.1. The first kappa shape index (κ1) is 17.2. The minimum atomic E-state index is 0.824. The van der Waals surface area contributed by atoms with Crippen molar-refractivity contribution in [3.8, 4) is 16.9 Å². The first-order valence-corrected chi connectivity index (χ1v) is 10.3. The van der Waals surface area contributed by atoms with Gasteiger partial charge in [-0.3, -0.25) is 0 Å². The van der Waals surface area contributed by atoms with Gasteiger partial charge in [0.2, 0.25) is 0 Å². The van der Waals surface area contributed by atoms with E-state index in [1.54, 1.807) is 18.4 Å². The minimum absolute atomic E-state index is 0.824. The molecule has 0 fully saturated rings. The molecule has 0 saturated carbocycles. The lowest BCUT2D eigenvalue weighted by molar-refractivity contribution is 0.415. The third-order valence-corrected chi connectivity index (χ3v) is 6.23. The molecule has 28 heavy (non-hydrogen) atoms. The average Bonchev–Trinajstić information content (AvgIpc) is 3.16. The van der Waals surface area contributed by atoms with Crippen molar-refractivity contribution in [1.29, 1.82) is 0 Å². The third kappa shape index (κ3) is 2.92. The Bertz CT molecular complexity index is 1150. The monoisotopic (exact) mass is 387 g/mol. The fraction of sp³-hybridized carbons (Fsp3) is 0.217. The second-order valence-corrected chi connectivity index (χ2v) is 7.95. The molecule has 0 unspecified atom stereocenters. The van der Waals surface area contributed by atoms with E-state index in [-0.39, 0.29) is 0 Å². The van der Waals surface area contributed by atoms with Gasteiger partial charge < -0.3 is 9.64 Å². The number of anilines is 1. The lowest BCUT2D eigenvalue weighted by atomic mass is 9.99. The van der Waals surface area contributed by atoms with Crippen LogP contribution < -0.4 is 9.64 Å². The van der Waals surface area contributed by atoms with Gasteiger partial charge in [0.25, 0.3) is 0 Å². The number of aryl methyl sites for hydroxylation is 1. The van der Waals surface area contributed by atoms with Crippen molar-refractivity contribution in [2.24, 2.45) is 0 Å². The number of hydrogen-bond acceptors (Lipinski definition) is 5. The maximum Gasteiger partial charge on any atom is 0.142 e. The molecule has 1 aliphatic heterocycles. The molecule has 3 heterocycles. The molecule has 2 aromatic carbocycles. The van der Waals surface area contributed by atoms with Crippen molar-refractivity contribution in [1.82, 2.24) is 9.97 Å². The van der Waals surface area contributed by atoms with Crippen molar-refractivity contribution in [3.05, 3.63) is 70.9 Å². The maximum absolute atomic E-state index is 5.31. The van der Waals surface area contributed by atoms with Crippen LogP contribution in [0.3, 0.4) is 0 Å². The van der Waals surface area contributed by atoms with Crippen molar-refractivity contribution in [3.63, 3.8) is 0 Å². The lowest BCUT2D eigenvalue weighted by Crippen LogP contribution is -2.31. The summed E-state index contributed by atoms with van der Waals surface area (Å²) < 4.78 is 5.31. The summed E-state index contributed by atoms with van der Waals surface area (Å²) in [6, 6.07) is 16.9. The number of nitrogens with zero attached hydrogens (tertiary/aromatic N) is 3. The van der Waals surface area contributed by atoms with Gasteiger partial charge in [0.05, 0.1) is 12.5 Å². The molecule has 0 aliphatic carbocycles. The summed E-state index contributed by atoms with van der Waals surface area (Å²) in [4.78, 5) is 13.0. The van der Waals surface area contributed by atoms with Crippen molar-refractivity contribution < 1.29 is 4.74 Å². The van der Waals surface area contributed by atoms with Crippen LogP contribution in [-0.2, 0) is 13.0 Å². The Morgan fingerprint density at radius 2 is 1.79 bits per heavy atom. The molecule has 0 N–H and O–H groups in total. The van der Waals surface area contributed by atoms with Gasteiger partial charge in [0, 0.05) is 24.0 Å². The molecule has 0 bridgehead atoms. The van der Waals surface area contributed by atoms with E-state index in [1.807, 2.05) is 19.1 Å². The van der Waals surface area contributed by atoms with Gasteiger partial charge in [-0.05, 0) is 42.2 Å². The number of ether oxygens (including phenoxy) is 1. The smallest absolute Gasteiger partial charge is 0.142 e. The number of benzene rings is 2. The van der Waals surface area contributed by atoms with E-state index < -0.39 is 0 Å². The Kier molecular flexibility index (Phi) is 4.24. The molecule has 140 valence electrons. The Morgan fingerprint density at radius 1 is 1.00 bits per heavy atom. The summed E-state index contributed by atoms with van der Waals surface area (Å²) in [7, 11) is 1.69. The molecule has 1 aliphatic rings. The topological polar surface area (TPSA) is 38.3 Å². The highest BCUT2D eigenvalue weighted by atomic mass is 32.1.